The van der Waals surface area contributed by atoms with Crippen LogP contribution in [0, 0.1) is 6.92 Å². The molecule has 6 heteroatoms. The molecule has 1 heterocycles. The van der Waals surface area contributed by atoms with Crippen LogP contribution in [0.5, 0.6) is 5.75 Å². The van der Waals surface area contributed by atoms with Gasteiger partial charge in [0.05, 0.1) is 7.11 Å². The van der Waals surface area contributed by atoms with Crippen LogP contribution in [0.4, 0.5) is 5.69 Å². The zero-order valence-electron chi connectivity index (χ0n) is 12.2. The number of fused-ring (bicyclic) bond motifs is 1. The van der Waals surface area contributed by atoms with E-state index in [0.29, 0.717) is 11.5 Å². The Morgan fingerprint density at radius 1 is 1.32 bits per heavy atom. The van der Waals surface area contributed by atoms with E-state index >= 15 is 0 Å². The lowest BCUT2D eigenvalue weighted by atomic mass is 10.1. The average Bonchev–Trinajstić information content (AvgIpc) is 2.91. The maximum absolute atomic E-state index is 5.84. The van der Waals surface area contributed by atoms with Crippen LogP contribution < -0.4 is 15.8 Å². The van der Waals surface area contributed by atoms with Gasteiger partial charge in [-0.1, -0.05) is 6.07 Å². The molecule has 0 aliphatic rings. The summed E-state index contributed by atoms with van der Waals surface area (Å²) in [5.74, 6) is 1.29. The highest BCUT2D eigenvalue weighted by atomic mass is 32.1. The molecule has 3 N–H and O–H groups in total. The highest BCUT2D eigenvalue weighted by molar-refractivity contribution is 7.80. The number of nitrogens with two attached hydrogens (primary N) is 1. The Balaban J connectivity index is 2.09. The molecule has 0 saturated heterocycles. The number of rotatable bonds is 3. The van der Waals surface area contributed by atoms with Gasteiger partial charge >= 0.3 is 0 Å². The Hall–Kier alpha value is -2.60. The van der Waals surface area contributed by atoms with E-state index in [0.717, 1.165) is 28.1 Å². The Morgan fingerprint density at radius 2 is 2.14 bits per heavy atom. The first-order valence-electron chi connectivity index (χ1n) is 6.69. The van der Waals surface area contributed by atoms with E-state index in [2.05, 4.69) is 10.3 Å². The number of thiocarbonyl (C=S) groups is 1. The van der Waals surface area contributed by atoms with E-state index in [1.807, 2.05) is 43.3 Å². The van der Waals surface area contributed by atoms with Crippen LogP contribution in [-0.2, 0) is 0 Å². The van der Waals surface area contributed by atoms with Crippen LogP contribution in [0.3, 0.4) is 0 Å². The Kier molecular flexibility index (Phi) is 3.68. The molecule has 3 rings (SSSR count). The maximum Gasteiger partial charge on any atom is 0.227 e. The third kappa shape index (κ3) is 2.60. The van der Waals surface area contributed by atoms with Crippen molar-refractivity contribution in [3.63, 3.8) is 0 Å². The van der Waals surface area contributed by atoms with E-state index in [-0.39, 0.29) is 5.11 Å². The van der Waals surface area contributed by atoms with Gasteiger partial charge in [0.2, 0.25) is 5.89 Å². The van der Waals surface area contributed by atoms with Gasteiger partial charge in [0.25, 0.3) is 0 Å². The zero-order valence-corrected chi connectivity index (χ0v) is 13.0. The number of benzene rings is 2. The van der Waals surface area contributed by atoms with Crippen molar-refractivity contribution in [2.24, 2.45) is 5.73 Å². The van der Waals surface area contributed by atoms with Gasteiger partial charge in [-0.15, -0.1) is 0 Å². The second-order valence-corrected chi connectivity index (χ2v) is 5.26. The molecule has 0 atom stereocenters. The minimum Gasteiger partial charge on any atom is -0.497 e. The Labute approximate surface area is 133 Å². The monoisotopic (exact) mass is 313 g/mol. The quantitative estimate of drug-likeness (QED) is 0.721. The molecule has 0 unspecified atom stereocenters. The summed E-state index contributed by atoms with van der Waals surface area (Å²) in [6.07, 6.45) is 0. The van der Waals surface area contributed by atoms with Gasteiger partial charge in [0.15, 0.2) is 10.7 Å². The lowest BCUT2D eigenvalue weighted by Crippen LogP contribution is -2.19. The molecule has 0 amide bonds. The zero-order chi connectivity index (χ0) is 15.7. The van der Waals surface area contributed by atoms with Crippen molar-refractivity contribution >= 4 is 34.1 Å². The molecule has 0 radical (unpaired) electrons. The standard InChI is InChI=1S/C16H15N3O2S/c1-9-11(4-3-5-12(9)19-16(17)22)15-18-13-8-10(20-2)6-7-14(13)21-15/h3-8H,1-2H3,(H3,17,19,22). The highest BCUT2D eigenvalue weighted by Gasteiger charge is 2.13. The number of nitrogens with zero attached hydrogens (tertiary/aromatic N) is 1. The Morgan fingerprint density at radius 3 is 2.86 bits per heavy atom. The molecule has 1 aromatic heterocycles. The molecule has 112 valence electrons. The summed E-state index contributed by atoms with van der Waals surface area (Å²) in [5.41, 5.74) is 9.69. The molecule has 2 aromatic carbocycles. The highest BCUT2D eigenvalue weighted by Crippen LogP contribution is 2.31. The second kappa shape index (κ2) is 5.65. The van der Waals surface area contributed by atoms with E-state index < -0.39 is 0 Å². The number of methoxy groups -OCH3 is 1. The van der Waals surface area contributed by atoms with Crippen LogP contribution in [0.2, 0.25) is 0 Å². The summed E-state index contributed by atoms with van der Waals surface area (Å²) in [6.45, 7) is 1.96. The summed E-state index contributed by atoms with van der Waals surface area (Å²) < 4.78 is 11.0. The molecule has 22 heavy (non-hydrogen) atoms. The number of ether oxygens (including phenoxy) is 1. The molecular weight excluding hydrogens is 298 g/mol. The summed E-state index contributed by atoms with van der Waals surface area (Å²) in [5, 5.41) is 3.18. The van der Waals surface area contributed by atoms with Gasteiger partial charge in [-0.3, -0.25) is 0 Å². The second-order valence-electron chi connectivity index (χ2n) is 4.82. The molecule has 0 saturated carbocycles. The van der Waals surface area contributed by atoms with Crippen LogP contribution in [0.1, 0.15) is 5.56 Å². The molecule has 0 bridgehead atoms. The first kappa shape index (κ1) is 14.3. The topological polar surface area (TPSA) is 73.3 Å². The Bertz CT molecular complexity index is 858. The van der Waals surface area contributed by atoms with Gasteiger partial charge in [-0.25, -0.2) is 4.98 Å². The molecule has 3 aromatic rings. The average molecular weight is 313 g/mol. The number of aromatic nitrogens is 1. The number of nitrogens with one attached hydrogen (secondary N) is 1. The SMILES string of the molecule is COc1ccc2oc(-c3cccc(NC(N)=S)c3C)nc2c1. The van der Waals surface area contributed by atoms with E-state index in [1.165, 1.54) is 0 Å². The van der Waals surface area contributed by atoms with Gasteiger partial charge < -0.3 is 20.2 Å². The predicted molar refractivity (Wildman–Crippen MR) is 91.1 cm³/mol. The maximum atomic E-state index is 5.84. The van der Waals surface area contributed by atoms with E-state index in [9.17, 15) is 0 Å². The van der Waals surface area contributed by atoms with Crippen molar-refractivity contribution < 1.29 is 9.15 Å². The van der Waals surface area contributed by atoms with E-state index in [4.69, 9.17) is 27.1 Å². The largest absolute Gasteiger partial charge is 0.497 e. The minimum absolute atomic E-state index is 0.225. The fourth-order valence-corrected chi connectivity index (χ4v) is 2.39. The first-order chi connectivity index (χ1) is 10.6. The molecule has 0 spiro atoms. The van der Waals surface area contributed by atoms with Crippen molar-refractivity contribution in [3.05, 3.63) is 42.0 Å². The number of hydrogen-bond donors (Lipinski definition) is 2. The summed E-state index contributed by atoms with van der Waals surface area (Å²) >= 11 is 4.89. The lowest BCUT2D eigenvalue weighted by molar-refractivity contribution is 0.415. The minimum atomic E-state index is 0.225. The molecular formula is C16H15N3O2S. The molecule has 0 aliphatic heterocycles. The fourth-order valence-electron chi connectivity index (χ4n) is 2.28. The normalized spacial score (nSPS) is 10.6. The van der Waals surface area contributed by atoms with Crippen molar-refractivity contribution in [2.75, 3.05) is 12.4 Å². The van der Waals surface area contributed by atoms with Crippen LogP contribution in [-0.4, -0.2) is 17.2 Å². The van der Waals surface area contributed by atoms with Crippen molar-refractivity contribution in [1.82, 2.24) is 4.98 Å². The molecule has 5 nitrogen and oxygen atoms in total. The third-order valence-corrected chi connectivity index (χ3v) is 3.52. The van der Waals surface area contributed by atoms with Gasteiger partial charge in [-0.2, -0.15) is 0 Å². The number of oxazole rings is 1. The van der Waals surface area contributed by atoms with Gasteiger partial charge in [-0.05, 0) is 49.0 Å². The molecule has 0 aliphatic carbocycles. The van der Waals surface area contributed by atoms with Crippen molar-refractivity contribution in [1.29, 1.82) is 0 Å². The van der Waals surface area contributed by atoms with Gasteiger partial charge in [0, 0.05) is 17.3 Å². The summed E-state index contributed by atoms with van der Waals surface area (Å²) in [4.78, 5) is 4.53. The van der Waals surface area contributed by atoms with Crippen LogP contribution >= 0.6 is 12.2 Å². The van der Waals surface area contributed by atoms with Crippen molar-refractivity contribution in [2.45, 2.75) is 6.92 Å². The first-order valence-corrected chi connectivity index (χ1v) is 7.10. The summed E-state index contributed by atoms with van der Waals surface area (Å²) in [7, 11) is 1.62. The lowest BCUT2D eigenvalue weighted by Gasteiger charge is -2.10. The van der Waals surface area contributed by atoms with Gasteiger partial charge in [0.1, 0.15) is 11.3 Å². The summed E-state index contributed by atoms with van der Waals surface area (Å²) in [6, 6.07) is 11.3. The third-order valence-electron chi connectivity index (χ3n) is 3.42. The fraction of sp³-hybridized carbons (Fsp3) is 0.125. The van der Waals surface area contributed by atoms with Crippen LogP contribution in [0.25, 0.3) is 22.6 Å². The predicted octanol–water partition coefficient (Wildman–Crippen LogP) is 3.47. The number of anilines is 1. The van der Waals surface area contributed by atoms with Crippen LogP contribution in [0.15, 0.2) is 40.8 Å². The smallest absolute Gasteiger partial charge is 0.227 e. The molecule has 0 fully saturated rings. The number of hydrogen-bond acceptors (Lipinski definition) is 4. The van der Waals surface area contributed by atoms with E-state index in [1.54, 1.807) is 7.11 Å². The van der Waals surface area contributed by atoms with Crippen molar-refractivity contribution in [3.8, 4) is 17.2 Å².